The maximum atomic E-state index is 12.2. The Morgan fingerprint density at radius 3 is 2.29 bits per heavy atom. The summed E-state index contributed by atoms with van der Waals surface area (Å²) in [6, 6.07) is 10.0. The van der Waals surface area contributed by atoms with Crippen LogP contribution in [0.15, 0.2) is 42.6 Å². The highest BCUT2D eigenvalue weighted by molar-refractivity contribution is 6.22. The monoisotopic (exact) mass is 327 g/mol. The Hall–Kier alpha value is -2.93. The number of imide groups is 1. The van der Waals surface area contributed by atoms with E-state index in [1.54, 1.807) is 54.2 Å². The van der Waals surface area contributed by atoms with Gasteiger partial charge in [-0.2, -0.15) is 0 Å². The Kier molecular flexibility index (Phi) is 4.18. The van der Waals surface area contributed by atoms with Crippen molar-refractivity contribution in [3.63, 3.8) is 0 Å². The van der Waals surface area contributed by atoms with E-state index in [4.69, 9.17) is 0 Å². The third kappa shape index (κ3) is 2.81. The van der Waals surface area contributed by atoms with Gasteiger partial charge in [0.05, 0.1) is 11.1 Å². The summed E-state index contributed by atoms with van der Waals surface area (Å²) < 4.78 is 1.75. The smallest absolute Gasteiger partial charge is 0.262 e. The lowest BCUT2D eigenvalue weighted by molar-refractivity contribution is -0.121. The van der Waals surface area contributed by atoms with Crippen molar-refractivity contribution in [3.8, 4) is 0 Å². The number of aromatic nitrogens is 1. The van der Waals surface area contributed by atoms with Gasteiger partial charge in [0.25, 0.3) is 11.8 Å². The van der Waals surface area contributed by atoms with Crippen LogP contribution in [-0.2, 0) is 11.8 Å². The molecule has 2 heterocycles. The molecule has 0 bridgehead atoms. The van der Waals surface area contributed by atoms with Crippen molar-refractivity contribution in [1.82, 2.24) is 14.8 Å². The van der Waals surface area contributed by atoms with Crippen LogP contribution in [0, 0.1) is 0 Å². The summed E-state index contributed by atoms with van der Waals surface area (Å²) in [5.41, 5.74) is 1.27. The number of nitrogens with one attached hydrogen (secondary N) is 1. The van der Waals surface area contributed by atoms with Gasteiger partial charge >= 0.3 is 0 Å². The van der Waals surface area contributed by atoms with E-state index in [0.29, 0.717) is 16.8 Å². The molecule has 2 N–H and O–H groups in total. The van der Waals surface area contributed by atoms with E-state index in [1.807, 2.05) is 0 Å². The van der Waals surface area contributed by atoms with Crippen molar-refractivity contribution in [2.75, 3.05) is 13.1 Å². The zero-order valence-electron chi connectivity index (χ0n) is 13.1. The molecule has 0 fully saturated rings. The van der Waals surface area contributed by atoms with Gasteiger partial charge in [-0.3, -0.25) is 19.3 Å². The Morgan fingerprint density at radius 2 is 1.75 bits per heavy atom. The number of nitrogens with zero attached hydrogens (tertiary/aromatic N) is 2. The zero-order chi connectivity index (χ0) is 17.3. The quantitative estimate of drug-likeness (QED) is 0.781. The van der Waals surface area contributed by atoms with Gasteiger partial charge in [0.2, 0.25) is 5.91 Å². The lowest BCUT2D eigenvalue weighted by Gasteiger charge is -2.16. The fourth-order valence-corrected chi connectivity index (χ4v) is 2.72. The number of aryl methyl sites for hydroxylation is 1. The number of aliphatic hydroxyl groups is 1. The molecular formula is C17H17N3O4. The van der Waals surface area contributed by atoms with Crippen molar-refractivity contribution in [2.24, 2.45) is 7.05 Å². The van der Waals surface area contributed by atoms with Crippen molar-refractivity contribution in [1.29, 1.82) is 0 Å². The second kappa shape index (κ2) is 6.29. The van der Waals surface area contributed by atoms with Crippen molar-refractivity contribution >= 4 is 17.7 Å². The Labute approximate surface area is 138 Å². The average Bonchev–Trinajstić information content (AvgIpc) is 3.11. The van der Waals surface area contributed by atoms with Gasteiger partial charge in [-0.15, -0.1) is 0 Å². The number of benzene rings is 1. The first-order chi connectivity index (χ1) is 11.5. The molecule has 1 aliphatic rings. The van der Waals surface area contributed by atoms with Gasteiger partial charge in [0.15, 0.2) is 0 Å². The Morgan fingerprint density at radius 1 is 1.12 bits per heavy atom. The minimum Gasteiger partial charge on any atom is -0.385 e. The number of fused-ring (bicyclic) bond motifs is 1. The highest BCUT2D eigenvalue weighted by atomic mass is 16.3. The molecule has 7 heteroatoms. The first-order valence-corrected chi connectivity index (χ1v) is 7.50. The molecule has 24 heavy (non-hydrogen) atoms. The van der Waals surface area contributed by atoms with Crippen LogP contribution < -0.4 is 5.32 Å². The minimum atomic E-state index is -0.865. The number of aliphatic hydroxyl groups excluding tert-OH is 1. The summed E-state index contributed by atoms with van der Waals surface area (Å²) >= 11 is 0. The van der Waals surface area contributed by atoms with E-state index in [0.717, 1.165) is 4.90 Å². The van der Waals surface area contributed by atoms with Crippen molar-refractivity contribution < 1.29 is 19.5 Å². The predicted molar refractivity (Wildman–Crippen MR) is 85.2 cm³/mol. The molecule has 1 atom stereocenters. The van der Waals surface area contributed by atoms with Gasteiger partial charge in [-0.05, 0) is 24.3 Å². The SMILES string of the molecule is Cn1cccc1C(O)CNC(=O)CN1C(=O)c2ccccc2C1=O. The zero-order valence-corrected chi connectivity index (χ0v) is 13.1. The Balaban J connectivity index is 1.59. The summed E-state index contributed by atoms with van der Waals surface area (Å²) in [5.74, 6) is -1.46. The fraction of sp³-hybridized carbons (Fsp3) is 0.235. The summed E-state index contributed by atoms with van der Waals surface area (Å²) in [7, 11) is 1.79. The number of rotatable bonds is 5. The van der Waals surface area contributed by atoms with Gasteiger partial charge in [0.1, 0.15) is 12.6 Å². The number of amides is 3. The van der Waals surface area contributed by atoms with Crippen LogP contribution in [0.5, 0.6) is 0 Å². The van der Waals surface area contributed by atoms with Crippen LogP contribution in [0.3, 0.4) is 0 Å². The highest BCUT2D eigenvalue weighted by Gasteiger charge is 2.36. The molecule has 0 aliphatic carbocycles. The van der Waals surface area contributed by atoms with E-state index in [2.05, 4.69) is 5.32 Å². The van der Waals surface area contributed by atoms with Crippen LogP contribution >= 0.6 is 0 Å². The van der Waals surface area contributed by atoms with Crippen LogP contribution in [0.2, 0.25) is 0 Å². The van der Waals surface area contributed by atoms with Crippen LogP contribution in [0.1, 0.15) is 32.5 Å². The van der Waals surface area contributed by atoms with E-state index < -0.39 is 23.8 Å². The van der Waals surface area contributed by atoms with Crippen molar-refractivity contribution in [2.45, 2.75) is 6.10 Å². The van der Waals surface area contributed by atoms with Gasteiger partial charge in [0, 0.05) is 25.5 Å². The molecule has 1 unspecified atom stereocenters. The average molecular weight is 327 g/mol. The lowest BCUT2D eigenvalue weighted by Crippen LogP contribution is -2.41. The maximum absolute atomic E-state index is 12.2. The van der Waals surface area contributed by atoms with E-state index in [-0.39, 0.29) is 13.1 Å². The summed E-state index contributed by atoms with van der Waals surface area (Å²) in [4.78, 5) is 37.3. The maximum Gasteiger partial charge on any atom is 0.262 e. The molecule has 7 nitrogen and oxygen atoms in total. The van der Waals surface area contributed by atoms with E-state index in [9.17, 15) is 19.5 Å². The second-order valence-electron chi connectivity index (χ2n) is 5.61. The van der Waals surface area contributed by atoms with E-state index >= 15 is 0 Å². The normalized spacial score (nSPS) is 14.7. The summed E-state index contributed by atoms with van der Waals surface area (Å²) in [5, 5.41) is 12.6. The van der Waals surface area contributed by atoms with Crippen LogP contribution in [0.4, 0.5) is 0 Å². The lowest BCUT2D eigenvalue weighted by atomic mass is 10.1. The third-order valence-electron chi connectivity index (χ3n) is 4.00. The number of carbonyl (C=O) groups excluding carboxylic acids is 3. The standard InChI is InChI=1S/C17H17N3O4/c1-19-8-4-7-13(19)14(21)9-18-15(22)10-20-16(23)11-5-2-3-6-12(11)17(20)24/h2-8,14,21H,9-10H2,1H3,(H,18,22). The van der Waals surface area contributed by atoms with Gasteiger partial charge in [-0.1, -0.05) is 12.1 Å². The number of hydrogen-bond acceptors (Lipinski definition) is 4. The van der Waals surface area contributed by atoms with Gasteiger partial charge < -0.3 is 15.0 Å². The molecule has 3 amide bonds. The molecule has 0 radical (unpaired) electrons. The second-order valence-corrected chi connectivity index (χ2v) is 5.61. The first kappa shape index (κ1) is 15.9. The molecule has 0 spiro atoms. The predicted octanol–water partition coefficient (Wildman–Crippen LogP) is 0.471. The summed E-state index contributed by atoms with van der Waals surface area (Å²) in [6.45, 7) is -0.369. The van der Waals surface area contributed by atoms with Crippen LogP contribution in [0.25, 0.3) is 0 Å². The molecule has 124 valence electrons. The molecule has 3 rings (SSSR count). The Bertz CT molecular complexity index is 777. The van der Waals surface area contributed by atoms with Crippen LogP contribution in [-0.4, -0.2) is 45.4 Å². The summed E-state index contributed by atoms with van der Waals surface area (Å²) in [6.07, 6.45) is 0.926. The third-order valence-corrected chi connectivity index (χ3v) is 4.00. The highest BCUT2D eigenvalue weighted by Crippen LogP contribution is 2.21. The van der Waals surface area contributed by atoms with E-state index in [1.165, 1.54) is 0 Å². The van der Waals surface area contributed by atoms with Crippen molar-refractivity contribution in [3.05, 3.63) is 59.4 Å². The molecule has 1 aliphatic heterocycles. The molecule has 0 saturated carbocycles. The largest absolute Gasteiger partial charge is 0.385 e. The molecule has 1 aromatic carbocycles. The first-order valence-electron chi connectivity index (χ1n) is 7.50. The molecule has 1 aromatic heterocycles. The molecule has 2 aromatic rings. The minimum absolute atomic E-state index is 0.000143. The fourth-order valence-electron chi connectivity index (χ4n) is 2.72. The molecule has 0 saturated heterocycles. The van der Waals surface area contributed by atoms with Gasteiger partial charge in [-0.25, -0.2) is 0 Å². The number of carbonyl (C=O) groups is 3. The molecular weight excluding hydrogens is 310 g/mol. The number of hydrogen-bond donors (Lipinski definition) is 2. The topological polar surface area (TPSA) is 91.6 Å².